The number of carbonyl (C=O) groups excluding carboxylic acids is 1. The summed E-state index contributed by atoms with van der Waals surface area (Å²) >= 11 is 0. The summed E-state index contributed by atoms with van der Waals surface area (Å²) in [5.41, 5.74) is 5.21. The first-order chi connectivity index (χ1) is 11.2. The lowest BCUT2D eigenvalue weighted by Gasteiger charge is -2.34. The fraction of sp³-hybridized carbons (Fsp3) is 0.650. The molecule has 0 fully saturated rings. The van der Waals surface area contributed by atoms with Gasteiger partial charge in [0.1, 0.15) is 5.60 Å². The average Bonchev–Trinajstić information content (AvgIpc) is 2.66. The lowest BCUT2D eigenvalue weighted by atomic mass is 9.77. The van der Waals surface area contributed by atoms with E-state index in [0.717, 1.165) is 38.9 Å². The minimum Gasteiger partial charge on any atom is -0.444 e. The van der Waals surface area contributed by atoms with Crippen molar-refractivity contribution in [3.8, 4) is 0 Å². The average molecular weight is 330 g/mol. The Bertz CT molecular complexity index is 644. The number of anilines is 1. The number of ether oxygens (including phenoxy) is 1. The van der Waals surface area contributed by atoms with Gasteiger partial charge in [-0.1, -0.05) is 19.9 Å². The van der Waals surface area contributed by atoms with Crippen LogP contribution in [0.3, 0.4) is 0 Å². The molecule has 0 aromatic heterocycles. The molecular formula is C20H30N2O2. The van der Waals surface area contributed by atoms with E-state index in [0.29, 0.717) is 0 Å². The fourth-order valence-corrected chi connectivity index (χ4v) is 3.64. The molecule has 0 spiro atoms. The first-order valence-electron chi connectivity index (χ1n) is 9.04. The molecule has 0 bridgehead atoms. The van der Waals surface area contributed by atoms with Gasteiger partial charge in [0.25, 0.3) is 0 Å². The molecule has 4 heteroatoms. The van der Waals surface area contributed by atoms with Crippen LogP contribution in [0, 0.1) is 0 Å². The second-order valence-electron chi connectivity index (χ2n) is 8.69. The Hall–Kier alpha value is -1.71. The van der Waals surface area contributed by atoms with Crippen LogP contribution in [-0.4, -0.2) is 36.2 Å². The van der Waals surface area contributed by atoms with Crippen LogP contribution < -0.4 is 5.32 Å². The van der Waals surface area contributed by atoms with E-state index >= 15 is 0 Å². The maximum Gasteiger partial charge on any atom is 0.410 e. The summed E-state index contributed by atoms with van der Waals surface area (Å²) in [5.74, 6) is 0. The number of benzene rings is 1. The summed E-state index contributed by atoms with van der Waals surface area (Å²) in [7, 11) is 0. The van der Waals surface area contributed by atoms with Gasteiger partial charge in [-0.05, 0) is 68.2 Å². The maximum atomic E-state index is 12.4. The van der Waals surface area contributed by atoms with Crippen molar-refractivity contribution in [3.05, 3.63) is 28.8 Å². The van der Waals surface area contributed by atoms with Gasteiger partial charge in [0, 0.05) is 25.3 Å². The Labute approximate surface area is 145 Å². The van der Waals surface area contributed by atoms with Gasteiger partial charge in [0.05, 0.1) is 0 Å². The van der Waals surface area contributed by atoms with Crippen LogP contribution in [-0.2, 0) is 23.0 Å². The van der Waals surface area contributed by atoms with Crippen molar-refractivity contribution < 1.29 is 9.53 Å². The number of hydrogen-bond donors (Lipinski definition) is 1. The second kappa shape index (κ2) is 5.98. The van der Waals surface area contributed by atoms with Gasteiger partial charge in [0.15, 0.2) is 0 Å². The highest BCUT2D eigenvalue weighted by molar-refractivity contribution is 5.68. The molecular weight excluding hydrogens is 300 g/mol. The molecule has 0 radical (unpaired) electrons. The van der Waals surface area contributed by atoms with Gasteiger partial charge < -0.3 is 15.0 Å². The highest BCUT2D eigenvalue weighted by Gasteiger charge is 2.30. The van der Waals surface area contributed by atoms with Crippen molar-refractivity contribution in [2.24, 2.45) is 0 Å². The predicted molar refractivity (Wildman–Crippen MR) is 97.8 cm³/mol. The van der Waals surface area contributed by atoms with E-state index in [2.05, 4.69) is 31.3 Å². The third-order valence-corrected chi connectivity index (χ3v) is 5.09. The number of nitrogens with one attached hydrogen (secondary N) is 1. The molecule has 0 saturated carbocycles. The van der Waals surface area contributed by atoms with Crippen LogP contribution in [0.15, 0.2) is 12.1 Å². The van der Waals surface area contributed by atoms with E-state index < -0.39 is 5.60 Å². The summed E-state index contributed by atoms with van der Waals surface area (Å²) < 4.78 is 5.54. The Kier molecular flexibility index (Phi) is 4.27. The number of nitrogens with zero attached hydrogens (tertiary/aromatic N) is 1. The molecule has 1 amide bonds. The zero-order valence-electron chi connectivity index (χ0n) is 15.7. The largest absolute Gasteiger partial charge is 0.444 e. The topological polar surface area (TPSA) is 41.6 Å². The SMILES string of the molecule is CC(C)(C)OC(=O)N1CCc2cc3c(cc2CC1)C(C)(C)CCN3. The van der Waals surface area contributed by atoms with E-state index in [4.69, 9.17) is 4.74 Å². The monoisotopic (exact) mass is 330 g/mol. The molecule has 132 valence electrons. The Morgan fingerprint density at radius 3 is 2.42 bits per heavy atom. The Morgan fingerprint density at radius 1 is 1.17 bits per heavy atom. The standard InChI is InChI=1S/C20H30N2O2/c1-19(2,3)24-18(23)22-10-6-14-12-16-17(13-15(14)7-11-22)21-9-8-20(16,4)5/h12-13,21H,6-11H2,1-5H3. The highest BCUT2D eigenvalue weighted by Crippen LogP contribution is 2.38. The van der Waals surface area contributed by atoms with E-state index in [-0.39, 0.29) is 11.5 Å². The molecule has 3 rings (SSSR count). The summed E-state index contributed by atoms with van der Waals surface area (Å²) in [6, 6.07) is 4.68. The first kappa shape index (κ1) is 17.1. The van der Waals surface area contributed by atoms with Crippen LogP contribution in [0.25, 0.3) is 0 Å². The van der Waals surface area contributed by atoms with Gasteiger partial charge in [-0.2, -0.15) is 0 Å². The number of rotatable bonds is 0. The third-order valence-electron chi connectivity index (χ3n) is 5.09. The van der Waals surface area contributed by atoms with Crippen LogP contribution in [0.1, 0.15) is 57.7 Å². The van der Waals surface area contributed by atoms with Gasteiger partial charge in [-0.25, -0.2) is 4.79 Å². The normalized spacial score (nSPS) is 19.6. The molecule has 2 aliphatic rings. The molecule has 24 heavy (non-hydrogen) atoms. The van der Waals surface area contributed by atoms with Crippen molar-refractivity contribution in [3.63, 3.8) is 0 Å². The summed E-state index contributed by atoms with van der Waals surface area (Å²) in [5, 5.41) is 3.55. The Balaban J connectivity index is 1.80. The van der Waals surface area contributed by atoms with Crippen LogP contribution in [0.5, 0.6) is 0 Å². The van der Waals surface area contributed by atoms with Gasteiger partial charge in [0.2, 0.25) is 0 Å². The van der Waals surface area contributed by atoms with E-state index in [1.54, 1.807) is 0 Å². The molecule has 1 N–H and O–H groups in total. The lowest BCUT2D eigenvalue weighted by molar-refractivity contribution is 0.0258. The van der Waals surface area contributed by atoms with Crippen LogP contribution in [0.2, 0.25) is 0 Å². The zero-order chi connectivity index (χ0) is 17.5. The minimum absolute atomic E-state index is 0.196. The quantitative estimate of drug-likeness (QED) is 0.778. The van der Waals surface area contributed by atoms with Crippen molar-refractivity contribution in [2.75, 3.05) is 25.0 Å². The molecule has 0 unspecified atom stereocenters. The molecule has 2 aliphatic heterocycles. The van der Waals surface area contributed by atoms with Crippen molar-refractivity contribution in [1.29, 1.82) is 0 Å². The maximum absolute atomic E-state index is 12.4. The molecule has 1 aromatic rings. The predicted octanol–water partition coefficient (Wildman–Crippen LogP) is 4.12. The number of carbonyl (C=O) groups is 1. The second-order valence-corrected chi connectivity index (χ2v) is 8.69. The van der Waals surface area contributed by atoms with Crippen molar-refractivity contribution >= 4 is 11.8 Å². The molecule has 4 nitrogen and oxygen atoms in total. The summed E-state index contributed by atoms with van der Waals surface area (Å²) in [6.07, 6.45) is 2.75. The van der Waals surface area contributed by atoms with Crippen LogP contribution in [0.4, 0.5) is 10.5 Å². The minimum atomic E-state index is -0.441. The van der Waals surface area contributed by atoms with E-state index in [1.165, 1.54) is 22.4 Å². The fourth-order valence-electron chi connectivity index (χ4n) is 3.64. The molecule has 2 heterocycles. The van der Waals surface area contributed by atoms with Gasteiger partial charge in [-0.15, -0.1) is 0 Å². The van der Waals surface area contributed by atoms with Gasteiger partial charge >= 0.3 is 6.09 Å². The molecule has 0 saturated heterocycles. The summed E-state index contributed by atoms with van der Waals surface area (Å²) in [4.78, 5) is 14.2. The third kappa shape index (κ3) is 3.52. The number of amides is 1. The molecule has 1 aromatic carbocycles. The first-order valence-corrected chi connectivity index (χ1v) is 9.04. The lowest BCUT2D eigenvalue weighted by Crippen LogP contribution is -2.38. The Morgan fingerprint density at radius 2 is 1.79 bits per heavy atom. The van der Waals surface area contributed by atoms with Crippen LogP contribution >= 0.6 is 0 Å². The van der Waals surface area contributed by atoms with E-state index in [1.807, 2.05) is 25.7 Å². The molecule has 0 atom stereocenters. The van der Waals surface area contributed by atoms with Gasteiger partial charge in [-0.3, -0.25) is 0 Å². The van der Waals surface area contributed by atoms with E-state index in [9.17, 15) is 4.79 Å². The van der Waals surface area contributed by atoms with Crippen molar-refractivity contribution in [1.82, 2.24) is 4.90 Å². The number of fused-ring (bicyclic) bond motifs is 2. The smallest absolute Gasteiger partial charge is 0.410 e. The highest BCUT2D eigenvalue weighted by atomic mass is 16.6. The summed E-state index contributed by atoms with van der Waals surface area (Å²) in [6.45, 7) is 12.9. The van der Waals surface area contributed by atoms with Crippen molar-refractivity contribution in [2.45, 2.75) is 64.9 Å². The zero-order valence-corrected chi connectivity index (χ0v) is 15.7. The molecule has 0 aliphatic carbocycles. The number of hydrogen-bond acceptors (Lipinski definition) is 3.